The summed E-state index contributed by atoms with van der Waals surface area (Å²) in [7, 11) is 0. The summed E-state index contributed by atoms with van der Waals surface area (Å²) in [5.74, 6) is 0. The van der Waals surface area contributed by atoms with Crippen LogP contribution < -0.4 is 0 Å². The molecule has 0 saturated carbocycles. The Kier molecular flexibility index (Phi) is 3.21. The van der Waals surface area contributed by atoms with Crippen molar-refractivity contribution in [2.24, 2.45) is 0 Å². The van der Waals surface area contributed by atoms with E-state index in [-0.39, 0.29) is 0 Å². The van der Waals surface area contributed by atoms with Gasteiger partial charge in [-0.05, 0) is 11.1 Å². The number of carbonyl (C=O) groups is 1. The summed E-state index contributed by atoms with van der Waals surface area (Å²) in [5.41, 5.74) is 3.91. The number of hydrogen-bond donors (Lipinski definition) is 0. The van der Waals surface area contributed by atoms with E-state index in [2.05, 4.69) is 29.2 Å². The van der Waals surface area contributed by atoms with E-state index in [0.29, 0.717) is 5.69 Å². The second kappa shape index (κ2) is 5.16. The van der Waals surface area contributed by atoms with Crippen molar-refractivity contribution in [2.75, 3.05) is 0 Å². The topological polar surface area (TPSA) is 30.0 Å². The summed E-state index contributed by atoms with van der Waals surface area (Å²) in [6.45, 7) is 0. The second-order valence-electron chi connectivity index (χ2n) is 4.14. The number of hydrogen-bond acceptors (Lipinski definition) is 3. The van der Waals surface area contributed by atoms with Crippen molar-refractivity contribution in [3.8, 4) is 21.7 Å². The van der Waals surface area contributed by atoms with Crippen LogP contribution in [0.2, 0.25) is 0 Å². The van der Waals surface area contributed by atoms with Gasteiger partial charge in [-0.2, -0.15) is 0 Å². The highest BCUT2D eigenvalue weighted by Crippen LogP contribution is 2.26. The summed E-state index contributed by atoms with van der Waals surface area (Å²) in [4.78, 5) is 14.9. The molecule has 0 aliphatic rings. The molecule has 0 N–H and O–H groups in total. The van der Waals surface area contributed by atoms with Crippen molar-refractivity contribution in [2.45, 2.75) is 0 Å². The molecule has 2 nitrogen and oxygen atoms in total. The fourth-order valence-corrected chi connectivity index (χ4v) is 2.68. The molecule has 0 spiro atoms. The van der Waals surface area contributed by atoms with Gasteiger partial charge < -0.3 is 0 Å². The van der Waals surface area contributed by atoms with Gasteiger partial charge in [0.25, 0.3) is 0 Å². The molecule has 0 amide bonds. The van der Waals surface area contributed by atoms with Gasteiger partial charge in [-0.1, -0.05) is 54.6 Å². The molecule has 3 rings (SSSR count). The number of aldehydes is 1. The van der Waals surface area contributed by atoms with E-state index >= 15 is 0 Å². The number of benzene rings is 2. The van der Waals surface area contributed by atoms with E-state index < -0.39 is 0 Å². The summed E-state index contributed by atoms with van der Waals surface area (Å²) in [6, 6.07) is 18.5. The molecule has 0 atom stereocenters. The first-order chi connectivity index (χ1) is 9.36. The molecule has 3 aromatic rings. The van der Waals surface area contributed by atoms with Crippen LogP contribution in [0.15, 0.2) is 60.0 Å². The van der Waals surface area contributed by atoms with Crippen molar-refractivity contribution < 1.29 is 4.79 Å². The first-order valence-corrected chi connectivity index (χ1v) is 6.81. The van der Waals surface area contributed by atoms with Crippen LogP contribution in [0.4, 0.5) is 0 Å². The molecule has 92 valence electrons. The number of aromatic nitrogens is 1. The lowest BCUT2D eigenvalue weighted by Gasteiger charge is -2.02. The summed E-state index contributed by atoms with van der Waals surface area (Å²) in [5, 5.41) is 2.65. The Morgan fingerprint density at radius 1 is 0.842 bits per heavy atom. The maximum atomic E-state index is 10.6. The number of carbonyl (C=O) groups excluding carboxylic acids is 1. The van der Waals surface area contributed by atoms with Gasteiger partial charge in [0, 0.05) is 10.9 Å². The van der Waals surface area contributed by atoms with Crippen molar-refractivity contribution in [3.05, 3.63) is 65.7 Å². The van der Waals surface area contributed by atoms with Crippen molar-refractivity contribution in [1.29, 1.82) is 0 Å². The Bertz CT molecular complexity index is 686. The van der Waals surface area contributed by atoms with Crippen LogP contribution >= 0.6 is 11.3 Å². The second-order valence-corrected chi connectivity index (χ2v) is 5.00. The van der Waals surface area contributed by atoms with Crippen molar-refractivity contribution in [3.63, 3.8) is 0 Å². The Morgan fingerprint density at radius 2 is 1.47 bits per heavy atom. The third kappa shape index (κ3) is 2.46. The van der Waals surface area contributed by atoms with Gasteiger partial charge in [0.2, 0.25) is 0 Å². The standard InChI is InChI=1S/C16H11NOS/c18-10-15-11-19-16(17-15)14-8-6-13(7-9-14)12-4-2-1-3-5-12/h1-11H. The zero-order valence-electron chi connectivity index (χ0n) is 10.1. The molecule has 1 aromatic heterocycles. The van der Waals surface area contributed by atoms with Crippen LogP contribution in [0.3, 0.4) is 0 Å². The molecular weight excluding hydrogens is 254 g/mol. The third-order valence-corrected chi connectivity index (χ3v) is 3.79. The van der Waals surface area contributed by atoms with Crippen LogP contribution in [-0.2, 0) is 0 Å². The molecule has 2 aromatic carbocycles. The normalized spacial score (nSPS) is 10.3. The van der Waals surface area contributed by atoms with E-state index in [1.54, 1.807) is 5.38 Å². The summed E-state index contributed by atoms with van der Waals surface area (Å²) >= 11 is 1.49. The van der Waals surface area contributed by atoms with Crippen molar-refractivity contribution in [1.82, 2.24) is 4.98 Å². The quantitative estimate of drug-likeness (QED) is 0.661. The predicted octanol–water partition coefficient (Wildman–Crippen LogP) is 4.29. The van der Waals surface area contributed by atoms with Crippen LogP contribution in [0.1, 0.15) is 10.5 Å². The average molecular weight is 265 g/mol. The lowest BCUT2D eigenvalue weighted by atomic mass is 10.0. The molecule has 0 saturated heterocycles. The van der Waals surface area contributed by atoms with E-state index in [1.165, 1.54) is 22.5 Å². The van der Waals surface area contributed by atoms with Gasteiger partial charge in [-0.3, -0.25) is 4.79 Å². The summed E-state index contributed by atoms with van der Waals surface area (Å²) < 4.78 is 0. The highest BCUT2D eigenvalue weighted by molar-refractivity contribution is 7.13. The highest BCUT2D eigenvalue weighted by Gasteiger charge is 2.04. The first kappa shape index (κ1) is 11.8. The zero-order valence-corrected chi connectivity index (χ0v) is 10.9. The minimum atomic E-state index is 0.493. The largest absolute Gasteiger partial charge is 0.296 e. The van der Waals surface area contributed by atoms with Gasteiger partial charge in [0.05, 0.1) is 0 Å². The zero-order chi connectivity index (χ0) is 13.1. The van der Waals surface area contributed by atoms with Gasteiger partial charge in [0.15, 0.2) is 6.29 Å². The lowest BCUT2D eigenvalue weighted by Crippen LogP contribution is -1.81. The molecule has 0 aliphatic heterocycles. The van der Waals surface area contributed by atoms with Gasteiger partial charge in [-0.15, -0.1) is 11.3 Å². The van der Waals surface area contributed by atoms with E-state index in [4.69, 9.17) is 0 Å². The fourth-order valence-electron chi connectivity index (χ4n) is 1.91. The number of rotatable bonds is 3. The Hall–Kier alpha value is -2.26. The molecule has 19 heavy (non-hydrogen) atoms. The smallest absolute Gasteiger partial charge is 0.169 e. The minimum Gasteiger partial charge on any atom is -0.296 e. The van der Waals surface area contributed by atoms with Crippen molar-refractivity contribution >= 4 is 17.6 Å². The van der Waals surface area contributed by atoms with Crippen LogP contribution in [0.5, 0.6) is 0 Å². The number of thiazole rings is 1. The Balaban J connectivity index is 1.92. The maximum absolute atomic E-state index is 10.6. The molecule has 0 aliphatic carbocycles. The van der Waals surface area contributed by atoms with Crippen LogP contribution in [0.25, 0.3) is 21.7 Å². The predicted molar refractivity (Wildman–Crippen MR) is 78.4 cm³/mol. The monoisotopic (exact) mass is 265 g/mol. The molecule has 0 radical (unpaired) electrons. The Morgan fingerprint density at radius 3 is 2.11 bits per heavy atom. The Labute approximate surface area is 115 Å². The molecule has 0 bridgehead atoms. The lowest BCUT2D eigenvalue weighted by molar-refractivity contribution is 0.111. The van der Waals surface area contributed by atoms with Gasteiger partial charge in [-0.25, -0.2) is 4.98 Å². The van der Waals surface area contributed by atoms with Gasteiger partial charge in [0.1, 0.15) is 10.7 Å². The fraction of sp³-hybridized carbons (Fsp3) is 0. The molecular formula is C16H11NOS. The van der Waals surface area contributed by atoms with E-state index in [1.807, 2.05) is 30.3 Å². The summed E-state index contributed by atoms with van der Waals surface area (Å²) in [6.07, 6.45) is 0.776. The molecule has 0 unspecified atom stereocenters. The molecule has 0 fully saturated rings. The molecule has 3 heteroatoms. The van der Waals surface area contributed by atoms with Crippen LogP contribution in [-0.4, -0.2) is 11.3 Å². The van der Waals surface area contributed by atoms with E-state index in [9.17, 15) is 4.79 Å². The number of nitrogens with zero attached hydrogens (tertiary/aromatic N) is 1. The van der Waals surface area contributed by atoms with Gasteiger partial charge >= 0.3 is 0 Å². The minimum absolute atomic E-state index is 0.493. The average Bonchev–Trinajstić information content (AvgIpc) is 2.97. The maximum Gasteiger partial charge on any atom is 0.169 e. The third-order valence-electron chi connectivity index (χ3n) is 2.88. The first-order valence-electron chi connectivity index (χ1n) is 5.93. The van der Waals surface area contributed by atoms with E-state index in [0.717, 1.165) is 16.9 Å². The SMILES string of the molecule is O=Cc1csc(-c2ccc(-c3ccccc3)cc2)n1. The molecule has 1 heterocycles. The van der Waals surface area contributed by atoms with Crippen LogP contribution in [0, 0.1) is 0 Å². The highest BCUT2D eigenvalue weighted by atomic mass is 32.1.